The largest absolute Gasteiger partial charge is 0.481 e. The van der Waals surface area contributed by atoms with Crippen molar-refractivity contribution in [1.29, 1.82) is 0 Å². The fraction of sp³-hybridized carbons (Fsp3) is 0.381. The first-order valence-electron chi connectivity index (χ1n) is 10.2. The zero-order chi connectivity index (χ0) is 22.8. The molecule has 32 heavy (non-hydrogen) atoms. The first-order valence-corrected chi connectivity index (χ1v) is 11.4. The average Bonchev–Trinajstić information content (AvgIpc) is 3.03. The van der Waals surface area contributed by atoms with Gasteiger partial charge in [-0.1, -0.05) is 30.0 Å². The zero-order valence-corrected chi connectivity index (χ0v) is 19.1. The van der Waals surface area contributed by atoms with E-state index in [4.69, 9.17) is 27.0 Å². The maximum atomic E-state index is 13.4. The topological polar surface area (TPSA) is 104 Å². The third kappa shape index (κ3) is 4.54. The third-order valence-corrected chi connectivity index (χ3v) is 6.60. The van der Waals surface area contributed by atoms with Crippen LogP contribution in [0.3, 0.4) is 0 Å². The minimum absolute atomic E-state index is 0.0490. The minimum atomic E-state index is -0.924. The van der Waals surface area contributed by atoms with Crippen LogP contribution in [0.25, 0.3) is 11.7 Å². The Morgan fingerprint density at radius 3 is 2.78 bits per heavy atom. The summed E-state index contributed by atoms with van der Waals surface area (Å²) in [6, 6.07) is 3.69. The molecule has 0 radical (unpaired) electrons. The number of aromatic nitrogens is 2. The highest BCUT2D eigenvalue weighted by Gasteiger charge is 2.32. The van der Waals surface area contributed by atoms with Crippen molar-refractivity contribution < 1.29 is 19.4 Å². The van der Waals surface area contributed by atoms with Gasteiger partial charge in [0.05, 0.1) is 23.7 Å². The Morgan fingerprint density at radius 2 is 2.06 bits per heavy atom. The number of pyridine rings is 1. The van der Waals surface area contributed by atoms with Crippen molar-refractivity contribution in [3.63, 3.8) is 0 Å². The van der Waals surface area contributed by atoms with Crippen LogP contribution in [0.4, 0.5) is 5.82 Å². The summed E-state index contributed by atoms with van der Waals surface area (Å²) in [7, 11) is 0. The quantitative estimate of drug-likeness (QED) is 0.496. The molecule has 2 fully saturated rings. The first kappa shape index (κ1) is 22.4. The number of anilines is 1. The molecule has 0 unspecified atom stereocenters. The van der Waals surface area contributed by atoms with E-state index in [1.807, 2.05) is 17.9 Å². The van der Waals surface area contributed by atoms with Crippen LogP contribution in [-0.4, -0.2) is 68.4 Å². The van der Waals surface area contributed by atoms with E-state index in [-0.39, 0.29) is 24.4 Å². The Hall–Kier alpha value is -2.76. The molecule has 168 valence electrons. The van der Waals surface area contributed by atoms with E-state index >= 15 is 0 Å². The van der Waals surface area contributed by atoms with Crippen molar-refractivity contribution >= 4 is 57.7 Å². The van der Waals surface area contributed by atoms with Crippen molar-refractivity contribution in [3.05, 3.63) is 44.7 Å². The van der Waals surface area contributed by atoms with Crippen LogP contribution in [0.2, 0.25) is 0 Å². The number of thioether (sulfide) groups is 1. The molecule has 0 saturated carbocycles. The number of fused-ring (bicyclic) bond motifs is 1. The number of carboxylic acids is 1. The van der Waals surface area contributed by atoms with Gasteiger partial charge in [-0.3, -0.25) is 23.7 Å². The van der Waals surface area contributed by atoms with E-state index in [0.717, 1.165) is 17.3 Å². The highest BCUT2D eigenvalue weighted by molar-refractivity contribution is 8.26. The molecule has 4 heterocycles. The fourth-order valence-electron chi connectivity index (χ4n) is 3.60. The first-order chi connectivity index (χ1) is 15.3. The molecule has 0 bridgehead atoms. The second-order valence-electron chi connectivity index (χ2n) is 7.52. The number of amides is 1. The lowest BCUT2D eigenvalue weighted by Gasteiger charge is -2.29. The summed E-state index contributed by atoms with van der Waals surface area (Å²) in [5.74, 6) is -0.739. The van der Waals surface area contributed by atoms with Crippen molar-refractivity contribution in [2.45, 2.75) is 19.8 Å². The molecular weight excluding hydrogens is 452 g/mol. The molecule has 0 atom stereocenters. The molecule has 0 aromatic carbocycles. The van der Waals surface area contributed by atoms with Gasteiger partial charge in [0.2, 0.25) is 0 Å². The molecule has 2 aromatic heterocycles. The lowest BCUT2D eigenvalue weighted by atomic mass is 10.2. The molecule has 2 aliphatic heterocycles. The van der Waals surface area contributed by atoms with E-state index in [9.17, 15) is 14.4 Å². The van der Waals surface area contributed by atoms with Crippen LogP contribution >= 0.6 is 24.0 Å². The number of rotatable bonds is 6. The average molecular weight is 475 g/mol. The summed E-state index contributed by atoms with van der Waals surface area (Å²) < 4.78 is 7.27. The minimum Gasteiger partial charge on any atom is -0.481 e. The summed E-state index contributed by atoms with van der Waals surface area (Å²) in [5.41, 5.74) is 1.49. The van der Waals surface area contributed by atoms with Gasteiger partial charge in [-0.05, 0) is 31.1 Å². The van der Waals surface area contributed by atoms with Gasteiger partial charge in [0, 0.05) is 32.3 Å². The Kier molecular flexibility index (Phi) is 6.58. The van der Waals surface area contributed by atoms with Crippen molar-refractivity contribution in [2.75, 3.05) is 37.7 Å². The number of hydrogen-bond donors (Lipinski definition) is 1. The number of morpholine rings is 1. The van der Waals surface area contributed by atoms with Crippen LogP contribution in [0.15, 0.2) is 28.0 Å². The molecule has 11 heteroatoms. The second-order valence-corrected chi connectivity index (χ2v) is 9.19. The van der Waals surface area contributed by atoms with Crippen LogP contribution in [-0.2, 0) is 14.3 Å². The number of nitrogens with zero attached hydrogens (tertiary/aromatic N) is 4. The van der Waals surface area contributed by atoms with Crippen molar-refractivity contribution in [3.8, 4) is 0 Å². The summed E-state index contributed by atoms with van der Waals surface area (Å²) in [6.07, 6.45) is 3.54. The number of hydrogen-bond acceptors (Lipinski definition) is 8. The lowest BCUT2D eigenvalue weighted by Crippen LogP contribution is -2.38. The standard InChI is InChI=1S/C21H22N4O5S2/c1-13-4-5-16-22-18(23-7-9-30-10-8-23)14(19(28)25(16)12-13)11-15-20(29)24(21(31)32-15)6-2-3-17(26)27/h4-5,11-12H,2-3,6-10H2,1H3,(H,26,27)/b15-11-. The second kappa shape index (κ2) is 9.39. The van der Waals surface area contributed by atoms with Crippen LogP contribution in [0.5, 0.6) is 0 Å². The van der Waals surface area contributed by atoms with Gasteiger partial charge in [0.25, 0.3) is 11.5 Å². The maximum absolute atomic E-state index is 13.4. The molecule has 1 amide bonds. The van der Waals surface area contributed by atoms with Crippen molar-refractivity contribution in [1.82, 2.24) is 14.3 Å². The molecule has 0 spiro atoms. The summed E-state index contributed by atoms with van der Waals surface area (Å²) in [4.78, 5) is 45.6. The van der Waals surface area contributed by atoms with Crippen LogP contribution in [0, 0.1) is 6.92 Å². The summed E-state index contributed by atoms with van der Waals surface area (Å²) in [6.45, 7) is 4.35. The number of aliphatic carboxylic acids is 1. The Bertz CT molecular complexity index is 1190. The van der Waals surface area contributed by atoms with E-state index in [2.05, 4.69) is 0 Å². The molecule has 2 aromatic rings. The van der Waals surface area contributed by atoms with Gasteiger partial charge < -0.3 is 14.7 Å². The fourth-order valence-corrected chi connectivity index (χ4v) is 4.89. The molecule has 9 nitrogen and oxygen atoms in total. The van der Waals surface area contributed by atoms with Gasteiger partial charge in [-0.15, -0.1) is 0 Å². The van der Waals surface area contributed by atoms with E-state index < -0.39 is 5.97 Å². The molecule has 1 N–H and O–H groups in total. The predicted octanol–water partition coefficient (Wildman–Crippen LogP) is 1.91. The van der Waals surface area contributed by atoms with Gasteiger partial charge in [0.1, 0.15) is 15.8 Å². The predicted molar refractivity (Wildman–Crippen MR) is 126 cm³/mol. The van der Waals surface area contributed by atoms with E-state index in [1.165, 1.54) is 9.30 Å². The highest BCUT2D eigenvalue weighted by atomic mass is 32.2. The monoisotopic (exact) mass is 474 g/mol. The summed E-state index contributed by atoms with van der Waals surface area (Å²) >= 11 is 6.44. The van der Waals surface area contributed by atoms with Crippen molar-refractivity contribution in [2.24, 2.45) is 0 Å². The van der Waals surface area contributed by atoms with Crippen LogP contribution in [0.1, 0.15) is 24.0 Å². The third-order valence-electron chi connectivity index (χ3n) is 5.22. The van der Waals surface area contributed by atoms with E-state index in [0.29, 0.717) is 59.0 Å². The number of ether oxygens (including phenoxy) is 1. The van der Waals surface area contributed by atoms with Gasteiger partial charge in [-0.2, -0.15) is 0 Å². The molecular formula is C21H22N4O5S2. The zero-order valence-electron chi connectivity index (χ0n) is 17.4. The van der Waals surface area contributed by atoms with Gasteiger partial charge >= 0.3 is 5.97 Å². The van der Waals surface area contributed by atoms with Gasteiger partial charge in [-0.25, -0.2) is 4.98 Å². The Balaban J connectivity index is 1.75. The van der Waals surface area contributed by atoms with Gasteiger partial charge in [0.15, 0.2) is 0 Å². The number of carboxylic acid groups (broad SMARTS) is 1. The number of thiocarbonyl (C=S) groups is 1. The number of carbonyl (C=O) groups is 2. The number of carbonyl (C=O) groups excluding carboxylic acids is 1. The Morgan fingerprint density at radius 1 is 1.31 bits per heavy atom. The normalized spacial score (nSPS) is 18.2. The molecule has 2 saturated heterocycles. The maximum Gasteiger partial charge on any atom is 0.303 e. The highest BCUT2D eigenvalue weighted by Crippen LogP contribution is 2.33. The molecule has 2 aliphatic rings. The molecule has 4 rings (SSSR count). The lowest BCUT2D eigenvalue weighted by molar-refractivity contribution is -0.137. The Labute approximate surface area is 193 Å². The van der Waals surface area contributed by atoms with E-state index in [1.54, 1.807) is 18.3 Å². The molecule has 0 aliphatic carbocycles. The number of aryl methyl sites for hydroxylation is 1. The van der Waals surface area contributed by atoms with Crippen LogP contribution < -0.4 is 10.5 Å². The SMILES string of the molecule is Cc1ccc2nc(N3CCOCC3)c(/C=C3\SC(=S)N(CCCC(=O)O)C3=O)c(=O)n2c1. The summed E-state index contributed by atoms with van der Waals surface area (Å²) in [5, 5.41) is 8.85. The smallest absolute Gasteiger partial charge is 0.303 e.